The molecule has 10 nitrogen and oxygen atoms in total. The number of fused-ring (bicyclic) bond motifs is 1. The highest BCUT2D eigenvalue weighted by Gasteiger charge is 2.27. The summed E-state index contributed by atoms with van der Waals surface area (Å²) in [6.45, 7) is 2.34. The van der Waals surface area contributed by atoms with Crippen molar-refractivity contribution in [2.24, 2.45) is 0 Å². The van der Waals surface area contributed by atoms with Gasteiger partial charge in [0.1, 0.15) is 17.8 Å². The average Bonchev–Trinajstić information content (AvgIpc) is 3.30. The number of piperidine rings is 1. The van der Waals surface area contributed by atoms with Gasteiger partial charge in [0.25, 0.3) is 0 Å². The lowest BCUT2D eigenvalue weighted by atomic mass is 10.1. The summed E-state index contributed by atoms with van der Waals surface area (Å²) in [7, 11) is -3.62. The fraction of sp³-hybridized carbons (Fsp3) is 0.240. The number of hydrogen-bond acceptors (Lipinski definition) is 7. The summed E-state index contributed by atoms with van der Waals surface area (Å²) in [5, 5.41) is 7.48. The first-order valence-electron chi connectivity index (χ1n) is 11.6. The third kappa shape index (κ3) is 4.38. The van der Waals surface area contributed by atoms with Crippen molar-refractivity contribution in [3.8, 4) is 5.69 Å². The predicted molar refractivity (Wildman–Crippen MR) is 133 cm³/mol. The van der Waals surface area contributed by atoms with Gasteiger partial charge in [-0.2, -0.15) is 9.40 Å². The Balaban J connectivity index is 1.57. The Morgan fingerprint density at radius 3 is 2.28 bits per heavy atom. The topological polar surface area (TPSA) is 127 Å². The highest BCUT2D eigenvalue weighted by atomic mass is 32.2. The van der Waals surface area contributed by atoms with Crippen LogP contribution in [0.3, 0.4) is 0 Å². The van der Waals surface area contributed by atoms with E-state index in [0.717, 1.165) is 19.3 Å². The first-order valence-corrected chi connectivity index (χ1v) is 13.0. The van der Waals surface area contributed by atoms with Crippen LogP contribution in [0.2, 0.25) is 0 Å². The molecule has 2 aromatic heterocycles. The van der Waals surface area contributed by atoms with Gasteiger partial charge in [-0.05, 0) is 49.2 Å². The normalized spacial score (nSPS) is 14.6. The maximum Gasteiger partial charge on any atom is 0.243 e. The summed E-state index contributed by atoms with van der Waals surface area (Å²) in [5.74, 6) is -0.631. The summed E-state index contributed by atoms with van der Waals surface area (Å²) in [5.41, 5.74) is 1.33. The van der Waals surface area contributed by atoms with Gasteiger partial charge in [-0.15, -0.1) is 0 Å². The van der Waals surface area contributed by atoms with Crippen LogP contribution in [-0.2, 0) is 14.8 Å². The SMILES string of the molecule is CC(=O)Nc1ncnc2c1c(C(=O)c1ccc(S(=O)(=O)N3CCCCC3)cc1)nn2-c1ccccc1. The summed E-state index contributed by atoms with van der Waals surface area (Å²) in [6, 6.07) is 15.0. The number of sulfonamides is 1. The van der Waals surface area contributed by atoms with E-state index in [2.05, 4.69) is 20.4 Å². The molecule has 0 radical (unpaired) electrons. The van der Waals surface area contributed by atoms with E-state index in [1.807, 2.05) is 30.3 Å². The van der Waals surface area contributed by atoms with Gasteiger partial charge in [-0.25, -0.2) is 23.1 Å². The number of amides is 1. The van der Waals surface area contributed by atoms with Crippen molar-refractivity contribution in [1.29, 1.82) is 0 Å². The van der Waals surface area contributed by atoms with E-state index < -0.39 is 15.8 Å². The molecule has 3 heterocycles. The highest BCUT2D eigenvalue weighted by molar-refractivity contribution is 7.89. The van der Waals surface area contributed by atoms with E-state index >= 15 is 0 Å². The second-order valence-corrected chi connectivity index (χ2v) is 10.5. The monoisotopic (exact) mass is 504 g/mol. The molecule has 184 valence electrons. The molecule has 11 heteroatoms. The van der Waals surface area contributed by atoms with E-state index in [1.165, 1.54) is 46.5 Å². The van der Waals surface area contributed by atoms with Crippen LogP contribution < -0.4 is 5.32 Å². The number of benzene rings is 2. The van der Waals surface area contributed by atoms with Crippen molar-refractivity contribution in [2.75, 3.05) is 18.4 Å². The molecule has 1 aliphatic heterocycles. The Morgan fingerprint density at radius 1 is 0.917 bits per heavy atom. The van der Waals surface area contributed by atoms with E-state index in [-0.39, 0.29) is 27.9 Å². The van der Waals surface area contributed by atoms with Crippen LogP contribution in [0, 0.1) is 0 Å². The smallest absolute Gasteiger partial charge is 0.243 e. The van der Waals surface area contributed by atoms with Crippen molar-refractivity contribution in [2.45, 2.75) is 31.1 Å². The Hall–Kier alpha value is -3.96. The zero-order chi connectivity index (χ0) is 25.3. The van der Waals surface area contributed by atoms with Crippen molar-refractivity contribution in [1.82, 2.24) is 24.1 Å². The van der Waals surface area contributed by atoms with Gasteiger partial charge in [-0.1, -0.05) is 24.6 Å². The molecule has 0 spiro atoms. The fourth-order valence-corrected chi connectivity index (χ4v) is 5.81. The van der Waals surface area contributed by atoms with Crippen molar-refractivity contribution >= 4 is 38.6 Å². The minimum Gasteiger partial charge on any atom is -0.310 e. The quantitative estimate of drug-likeness (QED) is 0.400. The van der Waals surface area contributed by atoms with Gasteiger partial charge in [0.2, 0.25) is 21.7 Å². The first kappa shape index (κ1) is 23.8. The lowest BCUT2D eigenvalue weighted by molar-refractivity contribution is -0.114. The number of nitrogens with zero attached hydrogens (tertiary/aromatic N) is 5. The molecule has 0 aliphatic carbocycles. The molecule has 2 aromatic carbocycles. The molecule has 0 unspecified atom stereocenters. The van der Waals surface area contributed by atoms with Gasteiger partial charge in [-0.3, -0.25) is 9.59 Å². The third-order valence-corrected chi connectivity index (χ3v) is 7.96. The number of aromatic nitrogens is 4. The zero-order valence-electron chi connectivity index (χ0n) is 19.6. The molecular weight excluding hydrogens is 480 g/mol. The third-order valence-electron chi connectivity index (χ3n) is 6.04. The number of para-hydroxylation sites is 1. The van der Waals surface area contributed by atoms with Crippen molar-refractivity contribution in [3.63, 3.8) is 0 Å². The van der Waals surface area contributed by atoms with Gasteiger partial charge >= 0.3 is 0 Å². The van der Waals surface area contributed by atoms with E-state index in [9.17, 15) is 18.0 Å². The maximum atomic E-state index is 13.6. The maximum absolute atomic E-state index is 13.6. The first-order chi connectivity index (χ1) is 17.4. The Kier molecular flexibility index (Phi) is 6.33. The molecule has 1 amide bonds. The zero-order valence-corrected chi connectivity index (χ0v) is 20.4. The lowest BCUT2D eigenvalue weighted by Gasteiger charge is -2.25. The number of nitrogens with one attached hydrogen (secondary N) is 1. The fourth-order valence-electron chi connectivity index (χ4n) is 4.29. The second kappa shape index (κ2) is 9.59. The molecule has 0 bridgehead atoms. The highest BCUT2D eigenvalue weighted by Crippen LogP contribution is 2.28. The minimum atomic E-state index is -3.62. The van der Waals surface area contributed by atoms with Crippen LogP contribution in [0.1, 0.15) is 42.2 Å². The molecule has 5 rings (SSSR count). The molecule has 0 atom stereocenters. The summed E-state index contributed by atoms with van der Waals surface area (Å²) in [6.07, 6.45) is 3.99. The number of carbonyl (C=O) groups is 2. The molecule has 36 heavy (non-hydrogen) atoms. The Labute approximate surface area is 208 Å². The van der Waals surface area contributed by atoms with Crippen molar-refractivity contribution in [3.05, 3.63) is 72.2 Å². The van der Waals surface area contributed by atoms with Crippen LogP contribution in [0.15, 0.2) is 65.8 Å². The number of anilines is 1. The molecule has 1 fully saturated rings. The number of carbonyl (C=O) groups excluding carboxylic acids is 2. The van der Waals surface area contributed by atoms with E-state index in [4.69, 9.17) is 0 Å². The molecule has 4 aromatic rings. The average molecular weight is 505 g/mol. The van der Waals surface area contributed by atoms with Crippen molar-refractivity contribution < 1.29 is 18.0 Å². The van der Waals surface area contributed by atoms with Crippen LogP contribution in [0.4, 0.5) is 5.82 Å². The largest absolute Gasteiger partial charge is 0.310 e. The van der Waals surface area contributed by atoms with Crippen LogP contribution in [0.25, 0.3) is 16.7 Å². The molecule has 1 N–H and O–H groups in total. The van der Waals surface area contributed by atoms with E-state index in [0.29, 0.717) is 29.8 Å². The van der Waals surface area contributed by atoms with Gasteiger partial charge in [0.05, 0.1) is 16.0 Å². The number of hydrogen-bond donors (Lipinski definition) is 1. The Morgan fingerprint density at radius 2 is 1.61 bits per heavy atom. The molecule has 0 saturated carbocycles. The number of rotatable bonds is 6. The molecular formula is C25H24N6O4S. The minimum absolute atomic E-state index is 0.0461. The molecule has 1 saturated heterocycles. The van der Waals surface area contributed by atoms with Gasteiger partial charge < -0.3 is 5.32 Å². The van der Waals surface area contributed by atoms with Gasteiger partial charge in [0, 0.05) is 25.6 Å². The standard InChI is InChI=1S/C25H24N6O4S/c1-17(32)28-24-21-22(29-31(25(21)27-16-26-24)19-8-4-2-5-9-19)23(33)18-10-12-20(13-11-18)36(34,35)30-14-6-3-7-15-30/h2,4-5,8-13,16H,3,6-7,14-15H2,1H3,(H,26,27,28,32). The summed E-state index contributed by atoms with van der Waals surface area (Å²) in [4.78, 5) is 34.0. The lowest BCUT2D eigenvalue weighted by Crippen LogP contribution is -2.35. The number of ketones is 1. The predicted octanol–water partition coefficient (Wildman–Crippen LogP) is 3.18. The summed E-state index contributed by atoms with van der Waals surface area (Å²) < 4.78 is 29.0. The Bertz CT molecular complexity index is 1540. The van der Waals surface area contributed by atoms with Crippen LogP contribution in [0.5, 0.6) is 0 Å². The summed E-state index contributed by atoms with van der Waals surface area (Å²) >= 11 is 0. The van der Waals surface area contributed by atoms with Crippen LogP contribution in [-0.4, -0.2) is 57.3 Å². The second-order valence-electron chi connectivity index (χ2n) is 8.52. The van der Waals surface area contributed by atoms with Crippen LogP contribution >= 0.6 is 0 Å². The molecule has 1 aliphatic rings. The van der Waals surface area contributed by atoms with Gasteiger partial charge in [0.15, 0.2) is 5.65 Å². The van der Waals surface area contributed by atoms with E-state index in [1.54, 1.807) is 0 Å².